The lowest BCUT2D eigenvalue weighted by Crippen LogP contribution is -2.60. The van der Waals surface area contributed by atoms with Crippen LogP contribution in [0.15, 0.2) is 42.1 Å². The predicted molar refractivity (Wildman–Crippen MR) is 125 cm³/mol. The molecule has 4 atom stereocenters. The summed E-state index contributed by atoms with van der Waals surface area (Å²) >= 11 is 0. The first-order chi connectivity index (χ1) is 15.1. The molecule has 3 aliphatic heterocycles. The number of carbonyl (C=O) groups excluding carboxylic acids is 1. The molecule has 2 bridgehead atoms. The Labute approximate surface area is 185 Å². The summed E-state index contributed by atoms with van der Waals surface area (Å²) in [5, 5.41) is 1.22. The second kappa shape index (κ2) is 7.51. The molecule has 0 spiro atoms. The zero-order valence-electron chi connectivity index (χ0n) is 19.0. The van der Waals surface area contributed by atoms with Gasteiger partial charge in [0.2, 0.25) is 0 Å². The maximum atomic E-state index is 13.8. The largest absolute Gasteiger partial charge is 0.345 e. The first-order valence-electron chi connectivity index (χ1n) is 12.5. The standard InChI is InChI=1S/C27H35N3O/c1-18(2)29-13-10-19-8-9-21(16-25(19)29)27(31)30-12-5-6-20-14-22-15-23(26(20)30)17-28-11-4-3-7-24(22)28/h8-10,13-14,16,18,22-24,26H,3-7,11-12,15,17H2,1-2H3/t22-,23-,24+,26+/m0/s1. The molecule has 0 N–H and O–H groups in total. The van der Waals surface area contributed by atoms with Crippen molar-refractivity contribution in [2.75, 3.05) is 19.6 Å². The van der Waals surface area contributed by atoms with Crippen LogP contribution >= 0.6 is 0 Å². The number of nitrogens with zero attached hydrogens (tertiary/aromatic N) is 3. The third kappa shape index (κ3) is 3.17. The highest BCUT2D eigenvalue weighted by atomic mass is 16.2. The average Bonchev–Trinajstić information content (AvgIpc) is 3.22. The van der Waals surface area contributed by atoms with E-state index in [1.165, 1.54) is 56.1 Å². The minimum Gasteiger partial charge on any atom is -0.345 e. The Morgan fingerprint density at radius 3 is 2.87 bits per heavy atom. The van der Waals surface area contributed by atoms with Crippen molar-refractivity contribution in [1.82, 2.24) is 14.4 Å². The van der Waals surface area contributed by atoms with Crippen LogP contribution in [-0.2, 0) is 0 Å². The number of piperidine rings is 3. The minimum atomic E-state index is 0.230. The number of hydrogen-bond acceptors (Lipinski definition) is 2. The Balaban J connectivity index is 1.33. The number of amides is 1. The van der Waals surface area contributed by atoms with E-state index < -0.39 is 0 Å². The summed E-state index contributed by atoms with van der Waals surface area (Å²) in [6.07, 6.45) is 12.4. The number of likely N-dealkylation sites (tertiary alicyclic amines) is 1. The number of benzene rings is 1. The quantitative estimate of drug-likeness (QED) is 0.624. The van der Waals surface area contributed by atoms with Crippen LogP contribution in [0.4, 0.5) is 0 Å². The van der Waals surface area contributed by atoms with Crippen LogP contribution < -0.4 is 0 Å². The molecule has 6 rings (SSSR count). The topological polar surface area (TPSA) is 28.5 Å². The Kier molecular flexibility index (Phi) is 4.75. The Hall–Kier alpha value is -2.07. The number of aromatic nitrogens is 1. The van der Waals surface area contributed by atoms with E-state index in [9.17, 15) is 4.79 Å². The van der Waals surface area contributed by atoms with Crippen molar-refractivity contribution >= 4 is 16.8 Å². The van der Waals surface area contributed by atoms with Crippen LogP contribution in [0.3, 0.4) is 0 Å². The number of carbonyl (C=O) groups is 1. The summed E-state index contributed by atoms with van der Waals surface area (Å²) in [6, 6.07) is 9.91. The van der Waals surface area contributed by atoms with Crippen molar-refractivity contribution in [3.8, 4) is 0 Å². The molecule has 4 heterocycles. The van der Waals surface area contributed by atoms with Gasteiger partial charge in [-0.15, -0.1) is 0 Å². The van der Waals surface area contributed by atoms with Gasteiger partial charge in [0.05, 0.1) is 6.04 Å². The summed E-state index contributed by atoms with van der Waals surface area (Å²) < 4.78 is 2.27. The molecular weight excluding hydrogens is 382 g/mol. The Bertz CT molecular complexity index is 1030. The molecule has 1 aromatic carbocycles. The van der Waals surface area contributed by atoms with Crippen molar-refractivity contribution < 1.29 is 4.79 Å². The van der Waals surface area contributed by atoms with Crippen LogP contribution in [0.1, 0.15) is 68.8 Å². The maximum Gasteiger partial charge on any atom is 0.254 e. The molecule has 0 unspecified atom stereocenters. The van der Waals surface area contributed by atoms with Crippen molar-refractivity contribution in [2.24, 2.45) is 11.8 Å². The van der Waals surface area contributed by atoms with Gasteiger partial charge in [-0.05, 0) is 87.9 Å². The van der Waals surface area contributed by atoms with Gasteiger partial charge in [0.1, 0.15) is 0 Å². The molecule has 4 heteroatoms. The zero-order chi connectivity index (χ0) is 21.1. The molecule has 0 saturated carbocycles. The fourth-order valence-corrected chi connectivity index (χ4v) is 7.10. The third-order valence-electron chi connectivity index (χ3n) is 8.44. The van der Waals surface area contributed by atoms with Crippen LogP contribution in [0.5, 0.6) is 0 Å². The molecule has 4 aliphatic rings. The van der Waals surface area contributed by atoms with Crippen molar-refractivity contribution in [3.05, 3.63) is 47.7 Å². The van der Waals surface area contributed by atoms with Gasteiger partial charge in [-0.25, -0.2) is 0 Å². The maximum absolute atomic E-state index is 13.8. The SMILES string of the molecule is CC(C)n1ccc2ccc(C(=O)N3CCCC4=C[C@H]5C[C@@H](CN6CCCC[C@H]56)[C@@H]43)cc21. The highest BCUT2D eigenvalue weighted by Gasteiger charge is 2.47. The zero-order valence-corrected chi connectivity index (χ0v) is 19.0. The number of rotatable bonds is 2. The average molecular weight is 418 g/mol. The summed E-state index contributed by atoms with van der Waals surface area (Å²) in [6.45, 7) is 7.73. The van der Waals surface area contributed by atoms with E-state index in [4.69, 9.17) is 0 Å². The lowest BCUT2D eigenvalue weighted by molar-refractivity contribution is 0.00148. The normalized spacial score (nSPS) is 30.8. The summed E-state index contributed by atoms with van der Waals surface area (Å²) in [5.41, 5.74) is 3.59. The third-order valence-corrected chi connectivity index (χ3v) is 8.44. The molecular formula is C27H35N3O. The van der Waals surface area contributed by atoms with E-state index in [1.807, 2.05) is 6.07 Å². The number of hydrogen-bond donors (Lipinski definition) is 0. The Morgan fingerprint density at radius 1 is 1.10 bits per heavy atom. The Morgan fingerprint density at radius 2 is 2.00 bits per heavy atom. The van der Waals surface area contributed by atoms with Gasteiger partial charge in [-0.1, -0.05) is 24.1 Å². The van der Waals surface area contributed by atoms with Gasteiger partial charge < -0.3 is 9.47 Å². The molecule has 3 saturated heterocycles. The lowest BCUT2D eigenvalue weighted by Gasteiger charge is -2.54. The molecule has 164 valence electrons. The van der Waals surface area contributed by atoms with E-state index in [0.717, 1.165) is 24.6 Å². The molecule has 4 nitrogen and oxygen atoms in total. The first kappa shape index (κ1) is 19.6. The van der Waals surface area contributed by atoms with Gasteiger partial charge in [0.25, 0.3) is 5.91 Å². The van der Waals surface area contributed by atoms with Gasteiger partial charge in [-0.3, -0.25) is 9.69 Å². The second-order valence-electron chi connectivity index (χ2n) is 10.6. The highest BCUT2D eigenvalue weighted by molar-refractivity contribution is 5.98. The van der Waals surface area contributed by atoms with Crippen molar-refractivity contribution in [3.63, 3.8) is 0 Å². The van der Waals surface area contributed by atoms with Gasteiger partial charge in [0.15, 0.2) is 0 Å². The van der Waals surface area contributed by atoms with Crippen LogP contribution in [0.25, 0.3) is 10.9 Å². The number of fused-ring (bicyclic) bond motifs is 7. The first-order valence-corrected chi connectivity index (χ1v) is 12.5. The smallest absolute Gasteiger partial charge is 0.254 e. The van der Waals surface area contributed by atoms with Crippen LogP contribution in [0.2, 0.25) is 0 Å². The fourth-order valence-electron chi connectivity index (χ4n) is 7.10. The van der Waals surface area contributed by atoms with E-state index in [2.05, 4.69) is 58.7 Å². The molecule has 1 aromatic heterocycles. The van der Waals surface area contributed by atoms with E-state index in [1.54, 1.807) is 5.57 Å². The fraction of sp³-hybridized carbons (Fsp3) is 0.593. The van der Waals surface area contributed by atoms with E-state index in [0.29, 0.717) is 23.9 Å². The minimum absolute atomic E-state index is 0.230. The van der Waals surface area contributed by atoms with Gasteiger partial charge in [-0.2, -0.15) is 0 Å². The van der Waals surface area contributed by atoms with Crippen molar-refractivity contribution in [2.45, 2.75) is 70.5 Å². The van der Waals surface area contributed by atoms with E-state index >= 15 is 0 Å². The summed E-state index contributed by atoms with van der Waals surface area (Å²) in [4.78, 5) is 18.8. The lowest BCUT2D eigenvalue weighted by atomic mass is 9.68. The van der Waals surface area contributed by atoms with Crippen LogP contribution in [0, 0.1) is 11.8 Å². The molecule has 0 radical (unpaired) electrons. The highest BCUT2D eigenvalue weighted by Crippen LogP contribution is 2.45. The molecule has 1 amide bonds. The predicted octanol–water partition coefficient (Wildman–Crippen LogP) is 5.26. The monoisotopic (exact) mass is 417 g/mol. The van der Waals surface area contributed by atoms with Gasteiger partial charge in [0, 0.05) is 42.5 Å². The summed E-state index contributed by atoms with van der Waals surface area (Å²) in [7, 11) is 0. The van der Waals surface area contributed by atoms with Crippen LogP contribution in [-0.4, -0.2) is 52.0 Å². The van der Waals surface area contributed by atoms with Crippen molar-refractivity contribution in [1.29, 1.82) is 0 Å². The molecule has 31 heavy (non-hydrogen) atoms. The molecule has 3 fully saturated rings. The van der Waals surface area contributed by atoms with Gasteiger partial charge >= 0.3 is 0 Å². The second-order valence-corrected chi connectivity index (χ2v) is 10.6. The summed E-state index contributed by atoms with van der Waals surface area (Å²) in [5.74, 6) is 1.55. The molecule has 1 aliphatic carbocycles. The van der Waals surface area contributed by atoms with E-state index in [-0.39, 0.29) is 5.91 Å². The molecule has 2 aromatic rings.